The van der Waals surface area contributed by atoms with Crippen molar-refractivity contribution in [3.63, 3.8) is 0 Å². The highest BCUT2D eigenvalue weighted by molar-refractivity contribution is 5.86. The Balaban J connectivity index is 2.02. The molecule has 21 heavy (non-hydrogen) atoms. The standard InChI is InChI=1S/C16H19FN2O2/c1-2-21-15(20)7-9-19-14-6-8-18-10-12(14)11-4-3-5-13(17)16(11)19/h3-5,18H,2,6-10H2,1H3. The quantitative estimate of drug-likeness (QED) is 0.879. The molecule has 0 bridgehead atoms. The number of fused-ring (bicyclic) bond motifs is 3. The highest BCUT2D eigenvalue weighted by Gasteiger charge is 2.22. The van der Waals surface area contributed by atoms with Gasteiger partial charge in [-0.1, -0.05) is 12.1 Å². The normalized spacial score (nSPS) is 14.2. The summed E-state index contributed by atoms with van der Waals surface area (Å²) in [5.74, 6) is -0.468. The van der Waals surface area contributed by atoms with Crippen molar-refractivity contribution < 1.29 is 13.9 Å². The summed E-state index contributed by atoms with van der Waals surface area (Å²) in [4.78, 5) is 11.6. The van der Waals surface area contributed by atoms with Gasteiger partial charge in [0.25, 0.3) is 0 Å². The van der Waals surface area contributed by atoms with Crippen LogP contribution >= 0.6 is 0 Å². The lowest BCUT2D eigenvalue weighted by Gasteiger charge is -2.17. The van der Waals surface area contributed by atoms with Crippen LogP contribution in [0.1, 0.15) is 24.6 Å². The summed E-state index contributed by atoms with van der Waals surface area (Å²) >= 11 is 0. The van der Waals surface area contributed by atoms with Gasteiger partial charge < -0.3 is 14.6 Å². The molecular formula is C16H19FN2O2. The third-order valence-electron chi connectivity index (χ3n) is 3.94. The first-order valence-corrected chi connectivity index (χ1v) is 7.37. The van der Waals surface area contributed by atoms with Crippen LogP contribution in [0.5, 0.6) is 0 Å². The molecule has 4 nitrogen and oxygen atoms in total. The van der Waals surface area contributed by atoms with E-state index in [1.54, 1.807) is 13.0 Å². The summed E-state index contributed by atoms with van der Waals surface area (Å²) in [5.41, 5.74) is 2.90. The molecule has 1 aliphatic heterocycles. The molecular weight excluding hydrogens is 271 g/mol. The van der Waals surface area contributed by atoms with Crippen molar-refractivity contribution in [1.82, 2.24) is 9.88 Å². The maximum Gasteiger partial charge on any atom is 0.307 e. The highest BCUT2D eigenvalue weighted by Crippen LogP contribution is 2.30. The lowest BCUT2D eigenvalue weighted by Crippen LogP contribution is -2.25. The van der Waals surface area contributed by atoms with Gasteiger partial charge >= 0.3 is 5.97 Å². The number of aromatic nitrogens is 1. The second-order valence-corrected chi connectivity index (χ2v) is 5.19. The van der Waals surface area contributed by atoms with E-state index in [1.165, 1.54) is 6.07 Å². The maximum atomic E-state index is 14.2. The lowest BCUT2D eigenvalue weighted by atomic mass is 10.1. The summed E-state index contributed by atoms with van der Waals surface area (Å²) in [6.07, 6.45) is 1.12. The average molecular weight is 290 g/mol. The van der Waals surface area contributed by atoms with Crippen LogP contribution in [0.15, 0.2) is 18.2 Å². The van der Waals surface area contributed by atoms with E-state index in [4.69, 9.17) is 4.74 Å². The largest absolute Gasteiger partial charge is 0.466 e. The van der Waals surface area contributed by atoms with Crippen LogP contribution < -0.4 is 5.32 Å². The van der Waals surface area contributed by atoms with E-state index in [-0.39, 0.29) is 18.2 Å². The van der Waals surface area contributed by atoms with Gasteiger partial charge in [0.1, 0.15) is 5.82 Å². The number of aryl methyl sites for hydroxylation is 1. The number of nitrogens with zero attached hydrogens (tertiary/aromatic N) is 1. The van der Waals surface area contributed by atoms with E-state index >= 15 is 0 Å². The number of halogens is 1. The molecule has 0 fully saturated rings. The molecule has 2 heterocycles. The molecule has 1 aromatic heterocycles. The smallest absolute Gasteiger partial charge is 0.307 e. The zero-order chi connectivity index (χ0) is 14.8. The summed E-state index contributed by atoms with van der Waals surface area (Å²) in [6, 6.07) is 5.16. The Morgan fingerprint density at radius 2 is 2.33 bits per heavy atom. The van der Waals surface area contributed by atoms with E-state index < -0.39 is 0 Å². The number of nitrogens with one attached hydrogen (secondary N) is 1. The predicted molar refractivity (Wildman–Crippen MR) is 78.6 cm³/mol. The summed E-state index contributed by atoms with van der Waals surface area (Å²) in [5, 5.41) is 4.27. The minimum atomic E-state index is -0.238. The van der Waals surface area contributed by atoms with Gasteiger partial charge in [0.05, 0.1) is 18.5 Å². The molecule has 1 aromatic carbocycles. The molecule has 2 aromatic rings. The summed E-state index contributed by atoms with van der Waals surface area (Å²) in [6.45, 7) is 4.26. The number of hydrogen-bond donors (Lipinski definition) is 1. The van der Waals surface area contributed by atoms with Crippen LogP contribution in [-0.2, 0) is 29.0 Å². The van der Waals surface area contributed by atoms with Crippen LogP contribution in [0, 0.1) is 5.82 Å². The Kier molecular flexibility index (Phi) is 3.92. The second-order valence-electron chi connectivity index (χ2n) is 5.19. The predicted octanol–water partition coefficient (Wildman–Crippen LogP) is 2.38. The van der Waals surface area contributed by atoms with Gasteiger partial charge in [0.15, 0.2) is 0 Å². The molecule has 0 unspecified atom stereocenters. The van der Waals surface area contributed by atoms with Crippen molar-refractivity contribution in [3.05, 3.63) is 35.3 Å². The van der Waals surface area contributed by atoms with Gasteiger partial charge in [-0.25, -0.2) is 4.39 Å². The van der Waals surface area contributed by atoms with Gasteiger partial charge in [-0.2, -0.15) is 0 Å². The maximum absolute atomic E-state index is 14.2. The third kappa shape index (κ3) is 2.53. The van der Waals surface area contributed by atoms with Crippen LogP contribution in [0.2, 0.25) is 0 Å². The van der Waals surface area contributed by atoms with Crippen molar-refractivity contribution in [2.24, 2.45) is 0 Å². The first-order valence-electron chi connectivity index (χ1n) is 7.37. The Labute approximate surface area is 122 Å². The topological polar surface area (TPSA) is 43.3 Å². The molecule has 1 N–H and O–H groups in total. The fourth-order valence-corrected chi connectivity index (χ4v) is 3.07. The molecule has 0 atom stereocenters. The van der Waals surface area contributed by atoms with Gasteiger partial charge in [-0.05, 0) is 18.6 Å². The molecule has 0 spiro atoms. The first kappa shape index (κ1) is 14.1. The molecule has 0 saturated carbocycles. The number of carbonyl (C=O) groups is 1. The van der Waals surface area contributed by atoms with E-state index in [0.717, 1.165) is 36.2 Å². The molecule has 1 aliphatic rings. The number of carbonyl (C=O) groups excluding carboxylic acids is 1. The van der Waals surface area contributed by atoms with Crippen molar-refractivity contribution in [2.75, 3.05) is 13.2 Å². The van der Waals surface area contributed by atoms with Gasteiger partial charge in [0, 0.05) is 37.1 Å². The molecule has 5 heteroatoms. The zero-order valence-corrected chi connectivity index (χ0v) is 12.1. The van der Waals surface area contributed by atoms with Crippen LogP contribution in [0.25, 0.3) is 10.9 Å². The van der Waals surface area contributed by atoms with Crippen molar-refractivity contribution in [3.8, 4) is 0 Å². The van der Waals surface area contributed by atoms with Crippen LogP contribution in [0.4, 0.5) is 4.39 Å². The molecule has 0 saturated heterocycles. The number of benzene rings is 1. The van der Waals surface area contributed by atoms with E-state index in [0.29, 0.717) is 18.7 Å². The van der Waals surface area contributed by atoms with Crippen molar-refractivity contribution in [2.45, 2.75) is 32.9 Å². The van der Waals surface area contributed by atoms with Crippen LogP contribution in [0.3, 0.4) is 0 Å². The molecule has 0 aliphatic carbocycles. The first-order chi connectivity index (χ1) is 10.2. The number of ether oxygens (including phenoxy) is 1. The zero-order valence-electron chi connectivity index (χ0n) is 12.1. The monoisotopic (exact) mass is 290 g/mol. The number of para-hydroxylation sites is 1. The van der Waals surface area contributed by atoms with Gasteiger partial charge in [0.2, 0.25) is 0 Å². The summed E-state index contributed by atoms with van der Waals surface area (Å²) < 4.78 is 21.2. The minimum Gasteiger partial charge on any atom is -0.466 e. The SMILES string of the molecule is CCOC(=O)CCn1c2c(c3cccc(F)c31)CNCC2. The Bertz CT molecular complexity index is 678. The third-order valence-corrected chi connectivity index (χ3v) is 3.94. The minimum absolute atomic E-state index is 0.231. The Hall–Kier alpha value is -1.88. The fraction of sp³-hybridized carbons (Fsp3) is 0.438. The number of rotatable bonds is 4. The average Bonchev–Trinajstić information content (AvgIpc) is 2.81. The Morgan fingerprint density at radius 1 is 1.48 bits per heavy atom. The number of hydrogen-bond acceptors (Lipinski definition) is 3. The molecule has 0 amide bonds. The van der Waals surface area contributed by atoms with Crippen molar-refractivity contribution >= 4 is 16.9 Å². The summed E-state index contributed by atoms with van der Waals surface area (Å²) in [7, 11) is 0. The number of esters is 1. The lowest BCUT2D eigenvalue weighted by molar-refractivity contribution is -0.143. The Morgan fingerprint density at radius 3 is 3.14 bits per heavy atom. The molecule has 3 rings (SSSR count). The van der Waals surface area contributed by atoms with E-state index in [9.17, 15) is 9.18 Å². The van der Waals surface area contributed by atoms with Crippen LogP contribution in [-0.4, -0.2) is 23.7 Å². The molecule has 0 radical (unpaired) electrons. The van der Waals surface area contributed by atoms with Gasteiger partial charge in [-0.15, -0.1) is 0 Å². The van der Waals surface area contributed by atoms with Crippen molar-refractivity contribution in [1.29, 1.82) is 0 Å². The highest BCUT2D eigenvalue weighted by atomic mass is 19.1. The fourth-order valence-electron chi connectivity index (χ4n) is 3.07. The van der Waals surface area contributed by atoms with E-state index in [1.807, 2.05) is 10.6 Å². The van der Waals surface area contributed by atoms with Gasteiger partial charge in [-0.3, -0.25) is 4.79 Å². The van der Waals surface area contributed by atoms with E-state index in [2.05, 4.69) is 5.32 Å². The molecule has 112 valence electrons. The second kappa shape index (κ2) is 5.85.